The van der Waals surface area contributed by atoms with Crippen LogP contribution in [0.15, 0.2) is 29.2 Å². The molecule has 1 unspecified atom stereocenters. The van der Waals surface area contributed by atoms with E-state index in [1.165, 1.54) is 17.0 Å². The fraction of sp³-hybridized carbons (Fsp3) is 0.529. The third kappa shape index (κ3) is 4.79. The zero-order chi connectivity index (χ0) is 19.5. The Kier molecular flexibility index (Phi) is 6.35. The summed E-state index contributed by atoms with van der Waals surface area (Å²) in [7, 11) is -3.71. The van der Waals surface area contributed by atoms with Crippen LogP contribution in [-0.4, -0.2) is 67.5 Å². The minimum absolute atomic E-state index is 0.0391. The molecule has 1 heterocycles. The molecule has 0 aromatic heterocycles. The van der Waals surface area contributed by atoms with Gasteiger partial charge in [0.25, 0.3) is 0 Å². The number of nitrogens with zero attached hydrogens (tertiary/aromatic N) is 2. The standard InChI is InChI=1S/C17H24FN3O4S/c1-12(2)20-8-9-21(15(11-20)17(19)23)16(22)7-10-26(24,25)14-5-3-13(18)4-6-14/h3-6,12,15H,7-11H2,1-2H3,(H2,19,23). The van der Waals surface area contributed by atoms with Crippen molar-refractivity contribution in [1.82, 2.24) is 9.80 Å². The van der Waals surface area contributed by atoms with Crippen LogP contribution in [0.1, 0.15) is 20.3 Å². The third-order valence-corrected chi connectivity index (χ3v) is 6.28. The number of carbonyl (C=O) groups excluding carboxylic acids is 2. The van der Waals surface area contributed by atoms with Crippen molar-refractivity contribution in [3.63, 3.8) is 0 Å². The van der Waals surface area contributed by atoms with Crippen molar-refractivity contribution in [2.45, 2.75) is 37.2 Å². The number of nitrogens with two attached hydrogens (primary N) is 1. The summed E-state index contributed by atoms with van der Waals surface area (Å²) in [6, 6.07) is 3.90. The molecule has 1 aromatic rings. The maximum Gasteiger partial charge on any atom is 0.241 e. The Bertz CT molecular complexity index is 765. The zero-order valence-corrected chi connectivity index (χ0v) is 15.7. The first-order chi connectivity index (χ1) is 12.1. The molecule has 0 aliphatic carbocycles. The monoisotopic (exact) mass is 385 g/mol. The molecule has 2 rings (SSSR count). The van der Waals surface area contributed by atoms with E-state index in [1.807, 2.05) is 13.8 Å². The highest BCUT2D eigenvalue weighted by Crippen LogP contribution is 2.17. The van der Waals surface area contributed by atoms with Crippen LogP contribution in [0.2, 0.25) is 0 Å². The van der Waals surface area contributed by atoms with E-state index in [4.69, 9.17) is 5.73 Å². The van der Waals surface area contributed by atoms with Crippen LogP contribution in [0.5, 0.6) is 0 Å². The van der Waals surface area contributed by atoms with Crippen molar-refractivity contribution in [1.29, 1.82) is 0 Å². The first-order valence-corrected chi connectivity index (χ1v) is 10.1. The van der Waals surface area contributed by atoms with Crippen LogP contribution < -0.4 is 5.73 Å². The average Bonchev–Trinajstić information content (AvgIpc) is 2.59. The number of amides is 2. The Morgan fingerprint density at radius 3 is 2.38 bits per heavy atom. The molecular weight excluding hydrogens is 361 g/mol. The minimum atomic E-state index is -3.71. The van der Waals surface area contributed by atoms with Crippen LogP contribution in [0.4, 0.5) is 4.39 Å². The smallest absolute Gasteiger partial charge is 0.241 e. The number of primary amides is 1. The highest BCUT2D eigenvalue weighted by atomic mass is 32.2. The molecule has 144 valence electrons. The van der Waals surface area contributed by atoms with Gasteiger partial charge in [0.1, 0.15) is 11.9 Å². The van der Waals surface area contributed by atoms with Gasteiger partial charge in [-0.05, 0) is 38.1 Å². The quantitative estimate of drug-likeness (QED) is 0.714. The molecule has 1 fully saturated rings. The molecular formula is C17H24FN3O4S. The largest absolute Gasteiger partial charge is 0.368 e. The second kappa shape index (κ2) is 8.13. The second-order valence-electron chi connectivity index (χ2n) is 6.62. The van der Waals surface area contributed by atoms with Crippen molar-refractivity contribution >= 4 is 21.7 Å². The molecule has 1 aromatic carbocycles. The molecule has 0 spiro atoms. The molecule has 0 saturated carbocycles. The van der Waals surface area contributed by atoms with Gasteiger partial charge in [0, 0.05) is 32.1 Å². The number of rotatable bonds is 6. The maximum absolute atomic E-state index is 12.9. The van der Waals surface area contributed by atoms with Gasteiger partial charge in [-0.15, -0.1) is 0 Å². The summed E-state index contributed by atoms with van der Waals surface area (Å²) in [5.41, 5.74) is 5.43. The molecule has 1 aliphatic heterocycles. The summed E-state index contributed by atoms with van der Waals surface area (Å²) in [5.74, 6) is -1.98. The number of benzene rings is 1. The zero-order valence-electron chi connectivity index (χ0n) is 14.9. The Labute approximate surface area is 152 Å². The lowest BCUT2D eigenvalue weighted by molar-refractivity contribution is -0.142. The summed E-state index contributed by atoms with van der Waals surface area (Å²) >= 11 is 0. The number of hydrogen-bond acceptors (Lipinski definition) is 5. The Hall–Kier alpha value is -2.00. The van der Waals surface area contributed by atoms with Crippen molar-refractivity contribution in [2.75, 3.05) is 25.4 Å². The van der Waals surface area contributed by atoms with Crippen molar-refractivity contribution in [3.8, 4) is 0 Å². The Balaban J connectivity index is 2.04. The van der Waals surface area contributed by atoms with Crippen LogP contribution in [-0.2, 0) is 19.4 Å². The molecule has 7 nitrogen and oxygen atoms in total. The number of sulfone groups is 1. The summed E-state index contributed by atoms with van der Waals surface area (Å²) in [6.45, 7) is 5.23. The molecule has 2 amide bonds. The number of carbonyl (C=O) groups is 2. The first kappa shape index (κ1) is 20.3. The van der Waals surface area contributed by atoms with E-state index in [1.54, 1.807) is 0 Å². The van der Waals surface area contributed by atoms with Crippen LogP contribution in [0.3, 0.4) is 0 Å². The van der Waals surface area contributed by atoms with Crippen LogP contribution >= 0.6 is 0 Å². The fourth-order valence-electron chi connectivity index (χ4n) is 2.94. The van der Waals surface area contributed by atoms with E-state index in [9.17, 15) is 22.4 Å². The lowest BCUT2D eigenvalue weighted by Gasteiger charge is -2.41. The second-order valence-corrected chi connectivity index (χ2v) is 8.73. The highest BCUT2D eigenvalue weighted by molar-refractivity contribution is 7.91. The van der Waals surface area contributed by atoms with E-state index in [-0.39, 0.29) is 17.4 Å². The molecule has 1 atom stereocenters. The predicted molar refractivity (Wildman–Crippen MR) is 94.5 cm³/mol. The summed E-state index contributed by atoms with van der Waals surface area (Å²) in [5, 5.41) is 0. The minimum Gasteiger partial charge on any atom is -0.368 e. The fourth-order valence-corrected chi connectivity index (χ4v) is 4.17. The molecule has 26 heavy (non-hydrogen) atoms. The molecule has 1 saturated heterocycles. The first-order valence-electron chi connectivity index (χ1n) is 8.43. The predicted octanol–water partition coefficient (Wildman–Crippen LogP) is 0.396. The lowest BCUT2D eigenvalue weighted by Crippen LogP contribution is -2.61. The van der Waals surface area contributed by atoms with E-state index < -0.39 is 39.3 Å². The van der Waals surface area contributed by atoms with Gasteiger partial charge in [-0.3, -0.25) is 14.5 Å². The van der Waals surface area contributed by atoms with Crippen molar-refractivity contribution < 1.29 is 22.4 Å². The van der Waals surface area contributed by atoms with Crippen molar-refractivity contribution in [3.05, 3.63) is 30.1 Å². The summed E-state index contributed by atoms with van der Waals surface area (Å²) in [6.07, 6.45) is -0.259. The van der Waals surface area contributed by atoms with Crippen molar-refractivity contribution in [2.24, 2.45) is 5.73 Å². The summed E-state index contributed by atoms with van der Waals surface area (Å²) < 4.78 is 37.5. The topological polar surface area (TPSA) is 101 Å². The Morgan fingerprint density at radius 1 is 1.23 bits per heavy atom. The number of halogens is 1. The number of piperazine rings is 1. The molecule has 2 N–H and O–H groups in total. The van der Waals surface area contributed by atoms with E-state index >= 15 is 0 Å². The van der Waals surface area contributed by atoms with Gasteiger partial charge >= 0.3 is 0 Å². The van der Waals surface area contributed by atoms with Gasteiger partial charge in [-0.1, -0.05) is 0 Å². The van der Waals surface area contributed by atoms with E-state index in [0.717, 1.165) is 12.1 Å². The van der Waals surface area contributed by atoms with Gasteiger partial charge in [0.15, 0.2) is 9.84 Å². The Morgan fingerprint density at radius 2 is 1.85 bits per heavy atom. The molecule has 9 heteroatoms. The van der Waals surface area contributed by atoms with Gasteiger partial charge in [0.05, 0.1) is 10.6 Å². The maximum atomic E-state index is 12.9. The summed E-state index contributed by atoms with van der Waals surface area (Å²) in [4.78, 5) is 27.6. The number of hydrogen-bond donors (Lipinski definition) is 1. The van der Waals surface area contributed by atoms with Crippen LogP contribution in [0, 0.1) is 5.82 Å². The lowest BCUT2D eigenvalue weighted by atomic mass is 10.1. The highest BCUT2D eigenvalue weighted by Gasteiger charge is 2.35. The van der Waals surface area contributed by atoms with Gasteiger partial charge in [-0.25, -0.2) is 12.8 Å². The third-order valence-electron chi connectivity index (χ3n) is 4.55. The molecule has 1 aliphatic rings. The van der Waals surface area contributed by atoms with E-state index in [2.05, 4.69) is 4.90 Å². The van der Waals surface area contributed by atoms with Gasteiger partial charge in [0.2, 0.25) is 11.8 Å². The van der Waals surface area contributed by atoms with Gasteiger partial charge in [-0.2, -0.15) is 0 Å². The molecule has 0 radical (unpaired) electrons. The molecule has 0 bridgehead atoms. The van der Waals surface area contributed by atoms with Crippen LogP contribution in [0.25, 0.3) is 0 Å². The van der Waals surface area contributed by atoms with E-state index in [0.29, 0.717) is 19.6 Å². The normalized spacial score (nSPS) is 18.9. The average molecular weight is 385 g/mol. The SMILES string of the molecule is CC(C)N1CCN(C(=O)CCS(=O)(=O)c2ccc(F)cc2)C(C(N)=O)C1. The van der Waals surface area contributed by atoms with Gasteiger partial charge < -0.3 is 10.6 Å².